The average molecular weight is 247 g/mol. The first-order chi connectivity index (χ1) is 8.72. The van der Waals surface area contributed by atoms with Gasteiger partial charge in [0.05, 0.1) is 0 Å². The van der Waals surface area contributed by atoms with Gasteiger partial charge in [-0.05, 0) is 31.5 Å². The topological polar surface area (TPSA) is 72.3 Å². The van der Waals surface area contributed by atoms with Gasteiger partial charge in [-0.2, -0.15) is 0 Å². The molecule has 1 atom stereocenters. The van der Waals surface area contributed by atoms with E-state index in [9.17, 15) is 4.79 Å². The first-order valence-corrected chi connectivity index (χ1v) is 6.50. The third-order valence-corrected chi connectivity index (χ3v) is 3.78. The molecule has 18 heavy (non-hydrogen) atoms. The molecule has 0 radical (unpaired) electrons. The minimum absolute atomic E-state index is 0.0375. The van der Waals surface area contributed by atoms with Crippen LogP contribution in [0.4, 0.5) is 0 Å². The number of rotatable bonds is 4. The van der Waals surface area contributed by atoms with Crippen LogP contribution in [0.15, 0.2) is 30.3 Å². The number of hydrogen-bond donors (Lipinski definition) is 2. The van der Waals surface area contributed by atoms with Crippen LogP contribution in [0.5, 0.6) is 0 Å². The Hall–Kier alpha value is -1.39. The zero-order valence-corrected chi connectivity index (χ0v) is 10.6. The van der Waals surface area contributed by atoms with Crippen LogP contribution in [-0.2, 0) is 4.79 Å². The van der Waals surface area contributed by atoms with Crippen LogP contribution in [0.1, 0.15) is 24.4 Å². The minimum Gasteiger partial charge on any atom is -0.369 e. The second-order valence-electron chi connectivity index (χ2n) is 4.87. The highest BCUT2D eigenvalue weighted by Crippen LogP contribution is 2.25. The molecule has 1 amide bonds. The standard InChI is InChI=1S/C14H21N3O/c15-10-13(11-4-2-1-3-5-11)17-8-6-12(7-9-17)14(16)18/h1-5,12-13H,6-10,15H2,(H2,16,18). The molecule has 0 saturated carbocycles. The molecule has 1 saturated heterocycles. The van der Waals surface area contributed by atoms with E-state index in [1.807, 2.05) is 18.2 Å². The van der Waals surface area contributed by atoms with Crippen molar-refractivity contribution in [2.75, 3.05) is 19.6 Å². The Labute approximate surface area is 108 Å². The van der Waals surface area contributed by atoms with Crippen LogP contribution >= 0.6 is 0 Å². The summed E-state index contributed by atoms with van der Waals surface area (Å²) in [5, 5.41) is 0. The van der Waals surface area contributed by atoms with Crippen LogP contribution in [-0.4, -0.2) is 30.4 Å². The second-order valence-corrected chi connectivity index (χ2v) is 4.87. The Balaban J connectivity index is 2.01. The summed E-state index contributed by atoms with van der Waals surface area (Å²) >= 11 is 0. The molecule has 2 rings (SSSR count). The predicted octanol–water partition coefficient (Wildman–Crippen LogP) is 0.884. The van der Waals surface area contributed by atoms with Crippen molar-refractivity contribution < 1.29 is 4.79 Å². The number of nitrogens with zero attached hydrogens (tertiary/aromatic N) is 1. The monoisotopic (exact) mass is 247 g/mol. The van der Waals surface area contributed by atoms with Crippen molar-refractivity contribution in [3.63, 3.8) is 0 Å². The summed E-state index contributed by atoms with van der Waals surface area (Å²) in [7, 11) is 0. The molecule has 0 aromatic heterocycles. The molecule has 98 valence electrons. The van der Waals surface area contributed by atoms with E-state index in [2.05, 4.69) is 17.0 Å². The van der Waals surface area contributed by atoms with Crippen molar-refractivity contribution >= 4 is 5.91 Å². The van der Waals surface area contributed by atoms with Crippen molar-refractivity contribution in [3.05, 3.63) is 35.9 Å². The highest BCUT2D eigenvalue weighted by molar-refractivity contribution is 5.76. The molecular weight excluding hydrogens is 226 g/mol. The largest absolute Gasteiger partial charge is 0.369 e. The third kappa shape index (κ3) is 2.89. The van der Waals surface area contributed by atoms with Crippen LogP contribution in [0.3, 0.4) is 0 Å². The highest BCUT2D eigenvalue weighted by Gasteiger charge is 2.27. The first-order valence-electron chi connectivity index (χ1n) is 6.50. The molecule has 1 aliphatic heterocycles. The van der Waals surface area contributed by atoms with E-state index < -0.39 is 0 Å². The van der Waals surface area contributed by atoms with Crippen molar-refractivity contribution in [3.8, 4) is 0 Å². The molecular formula is C14H21N3O. The number of carbonyl (C=O) groups excluding carboxylic acids is 1. The van der Waals surface area contributed by atoms with Gasteiger partial charge in [0.15, 0.2) is 0 Å². The zero-order chi connectivity index (χ0) is 13.0. The molecule has 4 nitrogen and oxygen atoms in total. The summed E-state index contributed by atoms with van der Waals surface area (Å²) in [6.45, 7) is 2.39. The maximum Gasteiger partial charge on any atom is 0.220 e. The molecule has 1 fully saturated rings. The average Bonchev–Trinajstić information content (AvgIpc) is 2.41. The van der Waals surface area contributed by atoms with Crippen LogP contribution < -0.4 is 11.5 Å². The number of nitrogens with two attached hydrogens (primary N) is 2. The number of likely N-dealkylation sites (tertiary alicyclic amines) is 1. The lowest BCUT2D eigenvalue weighted by Crippen LogP contribution is -2.42. The Morgan fingerprint density at radius 3 is 2.39 bits per heavy atom. The van der Waals surface area contributed by atoms with Gasteiger partial charge in [0, 0.05) is 18.5 Å². The summed E-state index contributed by atoms with van der Waals surface area (Å²) in [6, 6.07) is 10.5. The Bertz CT molecular complexity index is 385. The SMILES string of the molecule is NCC(c1ccccc1)N1CCC(C(N)=O)CC1. The van der Waals surface area contributed by atoms with E-state index in [1.54, 1.807) is 0 Å². The van der Waals surface area contributed by atoms with E-state index in [0.717, 1.165) is 25.9 Å². The fourth-order valence-electron chi connectivity index (χ4n) is 2.67. The highest BCUT2D eigenvalue weighted by atomic mass is 16.1. The molecule has 1 aliphatic rings. The van der Waals surface area contributed by atoms with E-state index >= 15 is 0 Å². The molecule has 4 N–H and O–H groups in total. The molecule has 0 bridgehead atoms. The van der Waals surface area contributed by atoms with Crippen LogP contribution in [0.2, 0.25) is 0 Å². The Morgan fingerprint density at radius 2 is 1.89 bits per heavy atom. The summed E-state index contributed by atoms with van der Waals surface area (Å²) in [4.78, 5) is 13.5. The molecule has 1 heterocycles. The van der Waals surface area contributed by atoms with Gasteiger partial charge in [-0.1, -0.05) is 30.3 Å². The van der Waals surface area contributed by atoms with Gasteiger partial charge in [-0.15, -0.1) is 0 Å². The molecule has 4 heteroatoms. The third-order valence-electron chi connectivity index (χ3n) is 3.78. The van der Waals surface area contributed by atoms with Crippen molar-refractivity contribution in [2.45, 2.75) is 18.9 Å². The maximum absolute atomic E-state index is 11.1. The van der Waals surface area contributed by atoms with Gasteiger partial charge in [-0.3, -0.25) is 9.69 Å². The number of hydrogen-bond acceptors (Lipinski definition) is 3. The van der Waals surface area contributed by atoms with E-state index in [1.165, 1.54) is 5.56 Å². The lowest BCUT2D eigenvalue weighted by Gasteiger charge is -2.36. The number of benzene rings is 1. The van der Waals surface area contributed by atoms with Gasteiger partial charge in [-0.25, -0.2) is 0 Å². The van der Waals surface area contributed by atoms with E-state index in [4.69, 9.17) is 11.5 Å². The molecule has 1 aromatic rings. The number of carbonyl (C=O) groups is 1. The predicted molar refractivity (Wildman–Crippen MR) is 71.7 cm³/mol. The Kier molecular flexibility index (Phi) is 4.33. The van der Waals surface area contributed by atoms with Gasteiger partial charge < -0.3 is 11.5 Å². The fourth-order valence-corrected chi connectivity index (χ4v) is 2.67. The summed E-state index contributed by atoms with van der Waals surface area (Å²) < 4.78 is 0. The summed E-state index contributed by atoms with van der Waals surface area (Å²) in [5.74, 6) is -0.130. The quantitative estimate of drug-likeness (QED) is 0.829. The molecule has 0 spiro atoms. The van der Waals surface area contributed by atoms with Gasteiger partial charge in [0.2, 0.25) is 5.91 Å². The van der Waals surface area contributed by atoms with Crippen molar-refractivity contribution in [1.29, 1.82) is 0 Å². The lowest BCUT2D eigenvalue weighted by molar-refractivity contribution is -0.123. The van der Waals surface area contributed by atoms with Crippen molar-refractivity contribution in [2.24, 2.45) is 17.4 Å². The van der Waals surface area contributed by atoms with Gasteiger partial charge >= 0.3 is 0 Å². The van der Waals surface area contributed by atoms with E-state index in [0.29, 0.717) is 6.54 Å². The van der Waals surface area contributed by atoms with Crippen molar-refractivity contribution in [1.82, 2.24) is 4.90 Å². The van der Waals surface area contributed by atoms with Crippen LogP contribution in [0, 0.1) is 5.92 Å². The zero-order valence-electron chi connectivity index (χ0n) is 10.6. The van der Waals surface area contributed by atoms with Gasteiger partial charge in [0.1, 0.15) is 0 Å². The Morgan fingerprint density at radius 1 is 1.28 bits per heavy atom. The smallest absolute Gasteiger partial charge is 0.220 e. The molecule has 0 aliphatic carbocycles. The first kappa shape index (κ1) is 13.1. The number of primary amides is 1. The maximum atomic E-state index is 11.1. The number of piperidine rings is 1. The fraction of sp³-hybridized carbons (Fsp3) is 0.500. The minimum atomic E-state index is -0.168. The van der Waals surface area contributed by atoms with Crippen LogP contribution in [0.25, 0.3) is 0 Å². The number of amides is 1. The molecule has 1 unspecified atom stereocenters. The normalized spacial score (nSPS) is 19.6. The molecule has 1 aromatic carbocycles. The summed E-state index contributed by atoms with van der Waals surface area (Å²) in [5.41, 5.74) is 12.5. The van der Waals surface area contributed by atoms with Gasteiger partial charge in [0.25, 0.3) is 0 Å². The second kappa shape index (κ2) is 5.98. The van der Waals surface area contributed by atoms with E-state index in [-0.39, 0.29) is 17.9 Å². The summed E-state index contributed by atoms with van der Waals surface area (Å²) in [6.07, 6.45) is 1.69. The lowest BCUT2D eigenvalue weighted by atomic mass is 9.94.